The molecular formula is C14H19NO3. The molecule has 2 fully saturated rings. The summed E-state index contributed by atoms with van der Waals surface area (Å²) in [6, 6.07) is 3.25. The number of carbonyl (C=O) groups is 1. The molecule has 0 radical (unpaired) electrons. The predicted octanol–water partition coefficient (Wildman–Crippen LogP) is 2.50. The number of carboxylic acids is 1. The molecule has 98 valence electrons. The van der Waals surface area contributed by atoms with Crippen LogP contribution in [0.3, 0.4) is 0 Å². The van der Waals surface area contributed by atoms with Gasteiger partial charge in [-0.3, -0.25) is 0 Å². The van der Waals surface area contributed by atoms with Crippen molar-refractivity contribution in [3.8, 4) is 0 Å². The summed E-state index contributed by atoms with van der Waals surface area (Å²) in [5.41, 5.74) is 0. The van der Waals surface area contributed by atoms with E-state index in [0.717, 1.165) is 24.3 Å². The highest BCUT2D eigenvalue weighted by atomic mass is 16.4. The van der Waals surface area contributed by atoms with Gasteiger partial charge in [-0.15, -0.1) is 0 Å². The summed E-state index contributed by atoms with van der Waals surface area (Å²) in [5, 5.41) is 12.2. The molecule has 4 nitrogen and oxygen atoms in total. The molecule has 2 aliphatic rings. The third-order valence-electron chi connectivity index (χ3n) is 4.01. The molecule has 0 aliphatic heterocycles. The Kier molecular flexibility index (Phi) is 3.12. The topological polar surface area (TPSA) is 62.5 Å². The lowest BCUT2D eigenvalue weighted by Crippen LogP contribution is -2.25. The highest BCUT2D eigenvalue weighted by Gasteiger charge is 2.40. The summed E-state index contributed by atoms with van der Waals surface area (Å²) in [5.74, 6) is 2.44. The van der Waals surface area contributed by atoms with Gasteiger partial charge in [0, 0.05) is 0 Å². The first-order chi connectivity index (χ1) is 8.74. The van der Waals surface area contributed by atoms with Gasteiger partial charge in [0.05, 0.1) is 6.54 Å². The standard InChI is InChI=1S/C14H19NO3/c16-14(17)13-6-5-11(18-13)7-15-8-12(9-1-2-9)10-3-4-10/h5-6,9-10,12,15H,1-4,7-8H2,(H,16,17). The number of nitrogens with one attached hydrogen (secondary N) is 1. The Balaban J connectivity index is 1.46. The molecule has 2 N–H and O–H groups in total. The van der Waals surface area contributed by atoms with Crippen molar-refractivity contribution in [2.75, 3.05) is 6.54 Å². The van der Waals surface area contributed by atoms with Crippen LogP contribution in [0.15, 0.2) is 16.5 Å². The lowest BCUT2D eigenvalue weighted by Gasteiger charge is -2.15. The van der Waals surface area contributed by atoms with Crippen molar-refractivity contribution in [2.45, 2.75) is 32.2 Å². The highest BCUT2D eigenvalue weighted by molar-refractivity contribution is 5.84. The second kappa shape index (κ2) is 4.76. The van der Waals surface area contributed by atoms with Gasteiger partial charge in [0.1, 0.15) is 5.76 Å². The van der Waals surface area contributed by atoms with Crippen molar-refractivity contribution >= 4 is 5.97 Å². The second-order valence-corrected chi connectivity index (χ2v) is 5.54. The van der Waals surface area contributed by atoms with Gasteiger partial charge in [0.15, 0.2) is 0 Å². The molecule has 18 heavy (non-hydrogen) atoms. The van der Waals surface area contributed by atoms with Crippen LogP contribution in [0.2, 0.25) is 0 Å². The van der Waals surface area contributed by atoms with Gasteiger partial charge in [-0.05, 0) is 62.1 Å². The Morgan fingerprint density at radius 2 is 2.00 bits per heavy atom. The summed E-state index contributed by atoms with van der Waals surface area (Å²) in [6.45, 7) is 1.67. The predicted molar refractivity (Wildman–Crippen MR) is 66.3 cm³/mol. The smallest absolute Gasteiger partial charge is 0.371 e. The quantitative estimate of drug-likeness (QED) is 0.779. The van der Waals surface area contributed by atoms with Crippen molar-refractivity contribution < 1.29 is 14.3 Å². The van der Waals surface area contributed by atoms with E-state index in [2.05, 4.69) is 5.32 Å². The Morgan fingerprint density at radius 1 is 1.33 bits per heavy atom. The summed E-state index contributed by atoms with van der Waals surface area (Å²) >= 11 is 0. The minimum Gasteiger partial charge on any atom is -0.475 e. The molecular weight excluding hydrogens is 230 g/mol. The van der Waals surface area contributed by atoms with Crippen LogP contribution < -0.4 is 5.32 Å². The van der Waals surface area contributed by atoms with E-state index in [1.165, 1.54) is 31.7 Å². The lowest BCUT2D eigenvalue weighted by molar-refractivity contribution is 0.0660. The molecule has 4 heteroatoms. The fourth-order valence-electron chi connectivity index (χ4n) is 2.72. The van der Waals surface area contributed by atoms with E-state index >= 15 is 0 Å². The Morgan fingerprint density at radius 3 is 2.50 bits per heavy atom. The van der Waals surface area contributed by atoms with Crippen LogP contribution in [0.4, 0.5) is 0 Å². The van der Waals surface area contributed by atoms with Gasteiger partial charge in [0.25, 0.3) is 0 Å². The van der Waals surface area contributed by atoms with E-state index in [-0.39, 0.29) is 5.76 Å². The summed E-state index contributed by atoms with van der Waals surface area (Å²) in [4.78, 5) is 10.7. The zero-order valence-corrected chi connectivity index (χ0v) is 10.4. The highest BCUT2D eigenvalue weighted by Crippen LogP contribution is 2.48. The van der Waals surface area contributed by atoms with E-state index in [9.17, 15) is 4.79 Å². The van der Waals surface area contributed by atoms with Gasteiger partial charge in [-0.1, -0.05) is 0 Å². The Bertz CT molecular complexity index is 420. The van der Waals surface area contributed by atoms with E-state index in [1.54, 1.807) is 6.07 Å². The molecule has 0 bridgehead atoms. The number of rotatable bonds is 7. The summed E-state index contributed by atoms with van der Waals surface area (Å²) in [6.07, 6.45) is 5.58. The third-order valence-corrected chi connectivity index (χ3v) is 4.01. The zero-order valence-electron chi connectivity index (χ0n) is 10.4. The Hall–Kier alpha value is -1.29. The molecule has 2 saturated carbocycles. The molecule has 0 spiro atoms. The van der Waals surface area contributed by atoms with Crippen LogP contribution in [0, 0.1) is 17.8 Å². The van der Waals surface area contributed by atoms with Crippen molar-refractivity contribution in [3.63, 3.8) is 0 Å². The largest absolute Gasteiger partial charge is 0.475 e. The average molecular weight is 249 g/mol. The zero-order chi connectivity index (χ0) is 12.5. The average Bonchev–Trinajstić information content (AvgIpc) is 3.25. The molecule has 0 atom stereocenters. The fraction of sp³-hybridized carbons (Fsp3) is 0.643. The number of aromatic carboxylic acids is 1. The van der Waals surface area contributed by atoms with Crippen molar-refractivity contribution in [3.05, 3.63) is 23.7 Å². The van der Waals surface area contributed by atoms with Crippen molar-refractivity contribution in [2.24, 2.45) is 17.8 Å². The first kappa shape index (κ1) is 11.8. The summed E-state index contributed by atoms with van der Waals surface area (Å²) < 4.78 is 5.22. The normalized spacial score (nSPS) is 19.4. The fourth-order valence-corrected chi connectivity index (χ4v) is 2.72. The van der Waals surface area contributed by atoms with Gasteiger partial charge in [0.2, 0.25) is 5.76 Å². The number of hydrogen-bond acceptors (Lipinski definition) is 3. The third kappa shape index (κ3) is 2.75. The van der Waals surface area contributed by atoms with Crippen molar-refractivity contribution in [1.29, 1.82) is 0 Å². The second-order valence-electron chi connectivity index (χ2n) is 5.54. The molecule has 0 saturated heterocycles. The molecule has 1 aromatic rings. The number of carboxylic acid groups (broad SMARTS) is 1. The van der Waals surface area contributed by atoms with Gasteiger partial charge < -0.3 is 14.8 Å². The van der Waals surface area contributed by atoms with Crippen molar-refractivity contribution in [1.82, 2.24) is 5.32 Å². The monoisotopic (exact) mass is 249 g/mol. The van der Waals surface area contributed by atoms with Crippen LogP contribution >= 0.6 is 0 Å². The van der Waals surface area contributed by atoms with Crippen LogP contribution in [-0.2, 0) is 6.54 Å². The first-order valence-electron chi connectivity index (χ1n) is 6.77. The van der Waals surface area contributed by atoms with Gasteiger partial charge in [-0.25, -0.2) is 4.79 Å². The number of hydrogen-bond donors (Lipinski definition) is 2. The summed E-state index contributed by atoms with van der Waals surface area (Å²) in [7, 11) is 0. The van der Waals surface area contributed by atoms with Gasteiger partial charge in [-0.2, -0.15) is 0 Å². The molecule has 1 aromatic heterocycles. The molecule has 1 heterocycles. The molecule has 3 rings (SSSR count). The Labute approximate surface area is 106 Å². The maximum Gasteiger partial charge on any atom is 0.371 e. The van der Waals surface area contributed by atoms with Crippen LogP contribution in [-0.4, -0.2) is 17.6 Å². The lowest BCUT2D eigenvalue weighted by atomic mass is 9.98. The molecule has 2 aliphatic carbocycles. The van der Waals surface area contributed by atoms with E-state index in [0.29, 0.717) is 12.3 Å². The molecule has 0 aromatic carbocycles. The van der Waals surface area contributed by atoms with Crippen LogP contribution in [0.25, 0.3) is 0 Å². The molecule has 0 amide bonds. The molecule has 0 unspecified atom stereocenters. The van der Waals surface area contributed by atoms with E-state index in [4.69, 9.17) is 9.52 Å². The number of furan rings is 1. The first-order valence-corrected chi connectivity index (χ1v) is 6.77. The van der Waals surface area contributed by atoms with Crippen LogP contribution in [0.1, 0.15) is 42.0 Å². The van der Waals surface area contributed by atoms with E-state index in [1.807, 2.05) is 0 Å². The minimum absolute atomic E-state index is 0.0211. The minimum atomic E-state index is -1.00. The van der Waals surface area contributed by atoms with Crippen LogP contribution in [0.5, 0.6) is 0 Å². The van der Waals surface area contributed by atoms with Gasteiger partial charge >= 0.3 is 5.97 Å². The maximum atomic E-state index is 10.7. The SMILES string of the molecule is O=C(O)c1ccc(CNCC(C2CC2)C2CC2)o1. The van der Waals surface area contributed by atoms with E-state index < -0.39 is 5.97 Å². The maximum absolute atomic E-state index is 10.7.